The van der Waals surface area contributed by atoms with E-state index in [4.69, 9.17) is 23.7 Å². The van der Waals surface area contributed by atoms with E-state index in [0.29, 0.717) is 78.3 Å². The largest absolute Gasteiger partial charge is 0.494 e. The Morgan fingerprint density at radius 1 is 0.773 bits per heavy atom. The fourth-order valence-electron chi connectivity index (χ4n) is 4.17. The van der Waals surface area contributed by atoms with Crippen LogP contribution >= 0.6 is 0 Å². The molecule has 3 aromatic carbocycles. The second-order valence-electron chi connectivity index (χ2n) is 9.05. The van der Waals surface area contributed by atoms with Crippen LogP contribution in [0.5, 0.6) is 23.0 Å². The smallest absolute Gasteiger partial charge is 0.305 e. The van der Waals surface area contributed by atoms with E-state index in [1.54, 1.807) is 32.2 Å². The van der Waals surface area contributed by atoms with Crippen molar-refractivity contribution in [1.29, 1.82) is 0 Å². The molecule has 0 bridgehead atoms. The third-order valence-electron chi connectivity index (χ3n) is 6.40. The summed E-state index contributed by atoms with van der Waals surface area (Å²) in [6.07, 6.45) is 0.934. The first-order valence-corrected chi connectivity index (χ1v) is 13.8. The number of carbonyl (C=O) groups excluding carboxylic acids is 1. The van der Waals surface area contributed by atoms with Crippen LogP contribution in [-0.2, 0) is 9.53 Å². The Morgan fingerprint density at radius 3 is 1.75 bits per heavy atom. The molecule has 234 valence electrons. The Kier molecular flexibility index (Phi) is 12.4. The Morgan fingerprint density at radius 2 is 1.27 bits per heavy atom. The van der Waals surface area contributed by atoms with E-state index in [1.807, 2.05) is 13.0 Å². The van der Waals surface area contributed by atoms with Gasteiger partial charge in [0.2, 0.25) is 0 Å². The molecule has 0 unspecified atom stereocenters. The Hall–Kier alpha value is -5.27. The first-order valence-electron chi connectivity index (χ1n) is 13.8. The van der Waals surface area contributed by atoms with Crippen LogP contribution in [0.2, 0.25) is 0 Å². The van der Waals surface area contributed by atoms with Crippen LogP contribution in [-0.4, -0.2) is 59.0 Å². The molecule has 14 heteroatoms. The van der Waals surface area contributed by atoms with Crippen LogP contribution in [0.4, 0.5) is 34.1 Å². The van der Waals surface area contributed by atoms with Gasteiger partial charge in [-0.15, -0.1) is 15.3 Å². The molecule has 0 saturated heterocycles. The minimum Gasteiger partial charge on any atom is -0.494 e. The number of nitro benzene ring substituents is 1. The van der Waals surface area contributed by atoms with Crippen molar-refractivity contribution in [2.24, 2.45) is 20.5 Å². The second-order valence-corrected chi connectivity index (χ2v) is 9.05. The van der Waals surface area contributed by atoms with Gasteiger partial charge in [-0.3, -0.25) is 14.9 Å². The molecule has 3 aromatic rings. The minimum atomic E-state index is -0.487. The van der Waals surface area contributed by atoms with Crippen molar-refractivity contribution in [3.63, 3.8) is 0 Å². The second kappa shape index (κ2) is 16.4. The van der Waals surface area contributed by atoms with Crippen molar-refractivity contribution in [2.75, 3.05) is 53.0 Å². The summed E-state index contributed by atoms with van der Waals surface area (Å²) in [5, 5.41) is 28.1. The van der Waals surface area contributed by atoms with Gasteiger partial charge in [0.15, 0.2) is 0 Å². The van der Waals surface area contributed by atoms with Crippen molar-refractivity contribution in [2.45, 2.75) is 26.7 Å². The van der Waals surface area contributed by atoms with Gasteiger partial charge >= 0.3 is 5.97 Å². The van der Waals surface area contributed by atoms with Crippen LogP contribution in [0.15, 0.2) is 69.0 Å². The first kappa shape index (κ1) is 33.2. The predicted molar refractivity (Wildman–Crippen MR) is 164 cm³/mol. The number of non-ortho nitro benzene ring substituents is 1. The highest BCUT2D eigenvalue weighted by Gasteiger charge is 2.18. The van der Waals surface area contributed by atoms with Crippen LogP contribution in [0, 0.1) is 10.1 Å². The number of benzene rings is 3. The van der Waals surface area contributed by atoms with E-state index in [-0.39, 0.29) is 11.7 Å². The SMILES string of the molecule is CCOC(=O)CCCN(CC)c1cc(OC)c(N=Nc2cc(OC)c(N=Nc3ccc([N+](=O)[O-])cc3)cc2OC)cc1OC. The number of anilines is 1. The number of ether oxygens (including phenoxy) is 5. The lowest BCUT2D eigenvalue weighted by Gasteiger charge is -2.25. The van der Waals surface area contributed by atoms with Gasteiger partial charge in [0.25, 0.3) is 5.69 Å². The number of nitrogens with zero attached hydrogens (tertiary/aromatic N) is 6. The lowest BCUT2D eigenvalue weighted by atomic mass is 10.2. The monoisotopic (exact) mass is 608 g/mol. The van der Waals surface area contributed by atoms with Crippen LogP contribution in [0.3, 0.4) is 0 Å². The fraction of sp³-hybridized carbons (Fsp3) is 0.367. The quantitative estimate of drug-likeness (QED) is 0.0689. The molecule has 3 rings (SSSR count). The number of methoxy groups -OCH3 is 4. The molecule has 0 aliphatic rings. The van der Waals surface area contributed by atoms with Gasteiger partial charge in [-0.05, 0) is 32.4 Å². The maximum absolute atomic E-state index is 11.8. The first-order chi connectivity index (χ1) is 21.3. The van der Waals surface area contributed by atoms with E-state index < -0.39 is 4.92 Å². The number of nitro groups is 1. The van der Waals surface area contributed by atoms with Crippen molar-refractivity contribution < 1.29 is 33.4 Å². The molecule has 0 N–H and O–H groups in total. The van der Waals surface area contributed by atoms with Gasteiger partial charge < -0.3 is 28.6 Å². The van der Waals surface area contributed by atoms with E-state index in [9.17, 15) is 14.9 Å². The number of hydrogen-bond donors (Lipinski definition) is 0. The molecule has 0 saturated carbocycles. The zero-order valence-corrected chi connectivity index (χ0v) is 25.6. The summed E-state index contributed by atoms with van der Waals surface area (Å²) < 4.78 is 27.3. The normalized spacial score (nSPS) is 11.0. The minimum absolute atomic E-state index is 0.0458. The van der Waals surface area contributed by atoms with Crippen molar-refractivity contribution >= 4 is 40.1 Å². The molecule has 0 amide bonds. The van der Waals surface area contributed by atoms with E-state index in [2.05, 4.69) is 25.4 Å². The molecule has 0 aliphatic carbocycles. The number of hydrogen-bond acceptors (Lipinski definition) is 13. The molecule has 0 heterocycles. The maximum atomic E-state index is 11.8. The van der Waals surface area contributed by atoms with Crippen molar-refractivity contribution in [1.82, 2.24) is 0 Å². The molecule has 0 radical (unpaired) electrons. The van der Waals surface area contributed by atoms with E-state index >= 15 is 0 Å². The Bertz CT molecular complexity index is 1490. The molecule has 14 nitrogen and oxygen atoms in total. The van der Waals surface area contributed by atoms with Crippen LogP contribution in [0.25, 0.3) is 0 Å². The molecule has 0 spiro atoms. The molecule has 0 aromatic heterocycles. The number of carbonyl (C=O) groups is 1. The van der Waals surface area contributed by atoms with Gasteiger partial charge in [0.1, 0.15) is 40.1 Å². The van der Waals surface area contributed by atoms with Crippen molar-refractivity contribution in [3.8, 4) is 23.0 Å². The third-order valence-corrected chi connectivity index (χ3v) is 6.40. The lowest BCUT2D eigenvalue weighted by molar-refractivity contribution is -0.384. The number of rotatable bonds is 16. The van der Waals surface area contributed by atoms with Crippen LogP contribution < -0.4 is 23.8 Å². The lowest BCUT2D eigenvalue weighted by Crippen LogP contribution is -2.25. The third kappa shape index (κ3) is 8.63. The highest BCUT2D eigenvalue weighted by Crippen LogP contribution is 2.44. The average molecular weight is 609 g/mol. The summed E-state index contributed by atoms with van der Waals surface area (Å²) in [6.45, 7) is 5.44. The number of azo groups is 2. The summed E-state index contributed by atoms with van der Waals surface area (Å²) in [6, 6.07) is 12.4. The summed E-state index contributed by atoms with van der Waals surface area (Å²) in [7, 11) is 6.07. The molecular formula is C30H36N6O8. The summed E-state index contributed by atoms with van der Waals surface area (Å²) in [5.74, 6) is 1.51. The molecule has 44 heavy (non-hydrogen) atoms. The Labute approximate surface area is 255 Å². The highest BCUT2D eigenvalue weighted by atomic mass is 16.6. The average Bonchev–Trinajstić information content (AvgIpc) is 3.04. The zero-order chi connectivity index (χ0) is 32.1. The van der Waals surface area contributed by atoms with E-state index in [0.717, 1.165) is 5.69 Å². The number of esters is 1. The predicted octanol–water partition coefficient (Wildman–Crippen LogP) is 7.63. The van der Waals surface area contributed by atoms with E-state index in [1.165, 1.54) is 45.6 Å². The summed E-state index contributed by atoms with van der Waals surface area (Å²) >= 11 is 0. The standard InChI is InChI=1S/C30H36N6O8/c1-7-35(15-9-10-30(37)44-8-2)25-19-28(42-5)24(18-29(25)43-6)34-33-23-17-26(40-3)22(16-27(23)41-4)32-31-20-11-13-21(14-12-20)36(38)39/h11-14,16-19H,7-10,15H2,1-6H3. The zero-order valence-electron chi connectivity index (χ0n) is 25.6. The molecule has 0 fully saturated rings. The highest BCUT2D eigenvalue weighted by molar-refractivity contribution is 5.71. The van der Waals surface area contributed by atoms with Gasteiger partial charge in [-0.1, -0.05) is 0 Å². The van der Waals surface area contributed by atoms with Crippen molar-refractivity contribution in [3.05, 3.63) is 58.6 Å². The molecular weight excluding hydrogens is 572 g/mol. The fourth-order valence-corrected chi connectivity index (χ4v) is 4.17. The Balaban J connectivity index is 1.89. The molecule has 0 atom stereocenters. The van der Waals surface area contributed by atoms with Crippen LogP contribution in [0.1, 0.15) is 26.7 Å². The van der Waals surface area contributed by atoms with Gasteiger partial charge in [-0.25, -0.2) is 0 Å². The topological polar surface area (TPSA) is 159 Å². The summed E-state index contributed by atoms with van der Waals surface area (Å²) in [4.78, 5) is 24.3. The summed E-state index contributed by atoms with van der Waals surface area (Å²) in [5.41, 5.74) is 2.29. The maximum Gasteiger partial charge on any atom is 0.305 e. The van der Waals surface area contributed by atoms with Gasteiger partial charge in [0.05, 0.1) is 51.3 Å². The van der Waals surface area contributed by atoms with Gasteiger partial charge in [0, 0.05) is 55.9 Å². The van der Waals surface area contributed by atoms with Gasteiger partial charge in [-0.2, -0.15) is 5.11 Å². The molecule has 0 aliphatic heterocycles.